The van der Waals surface area contributed by atoms with E-state index in [4.69, 9.17) is 4.74 Å². The van der Waals surface area contributed by atoms with Gasteiger partial charge in [-0.15, -0.1) is 0 Å². The van der Waals surface area contributed by atoms with E-state index in [0.29, 0.717) is 31.4 Å². The molecule has 0 spiro atoms. The summed E-state index contributed by atoms with van der Waals surface area (Å²) in [6.07, 6.45) is 0. The molecule has 1 heterocycles. The number of benzene rings is 2. The summed E-state index contributed by atoms with van der Waals surface area (Å²) in [6.45, 7) is 6.14. The fourth-order valence-corrected chi connectivity index (χ4v) is 2.56. The number of ether oxygens (including phenoxy) is 1. The van der Waals surface area contributed by atoms with Crippen molar-refractivity contribution in [3.8, 4) is 11.1 Å². The van der Waals surface area contributed by atoms with Gasteiger partial charge < -0.3 is 10.1 Å². The van der Waals surface area contributed by atoms with Crippen molar-refractivity contribution in [1.82, 2.24) is 5.32 Å². The van der Waals surface area contributed by atoms with E-state index in [1.165, 1.54) is 5.56 Å². The number of rotatable bonds is 4. The second-order valence-corrected chi connectivity index (χ2v) is 5.83. The van der Waals surface area contributed by atoms with Crippen molar-refractivity contribution in [2.75, 3.05) is 0 Å². The summed E-state index contributed by atoms with van der Waals surface area (Å²) in [5, 5.41) is 3.30. The minimum atomic E-state index is -0.170. The van der Waals surface area contributed by atoms with Crippen LogP contribution in [0.4, 0.5) is 4.39 Å². The molecule has 2 aromatic rings. The summed E-state index contributed by atoms with van der Waals surface area (Å²) in [5.41, 5.74) is 4.90. The molecule has 0 saturated carbocycles. The third kappa shape index (κ3) is 3.14. The Labute approximate surface area is 125 Å². The number of hydrogen-bond acceptors (Lipinski definition) is 2. The molecule has 0 fully saturated rings. The van der Waals surface area contributed by atoms with Crippen LogP contribution in [0.25, 0.3) is 11.1 Å². The molecule has 1 aliphatic rings. The average molecular weight is 285 g/mol. The van der Waals surface area contributed by atoms with Gasteiger partial charge in [-0.25, -0.2) is 4.39 Å². The lowest BCUT2D eigenvalue weighted by Gasteiger charge is -2.10. The molecule has 2 nitrogen and oxygen atoms in total. The number of halogens is 1. The molecule has 0 bridgehead atoms. The molecule has 1 aliphatic heterocycles. The predicted molar refractivity (Wildman–Crippen MR) is 82.3 cm³/mol. The largest absolute Gasteiger partial charge is 0.372 e. The minimum absolute atomic E-state index is 0.170. The van der Waals surface area contributed by atoms with E-state index in [1.54, 1.807) is 6.07 Å². The Hall–Kier alpha value is -1.71. The number of hydrogen-bond donors (Lipinski definition) is 1. The summed E-state index contributed by atoms with van der Waals surface area (Å²) in [7, 11) is 0. The van der Waals surface area contributed by atoms with Crippen LogP contribution in [-0.4, -0.2) is 6.04 Å². The van der Waals surface area contributed by atoms with E-state index >= 15 is 0 Å². The third-order valence-electron chi connectivity index (χ3n) is 3.78. The maximum atomic E-state index is 14.4. The van der Waals surface area contributed by atoms with Crippen LogP contribution in [0.2, 0.25) is 0 Å². The monoisotopic (exact) mass is 285 g/mol. The lowest BCUT2D eigenvalue weighted by atomic mass is 9.99. The van der Waals surface area contributed by atoms with Gasteiger partial charge >= 0.3 is 0 Å². The van der Waals surface area contributed by atoms with Gasteiger partial charge in [-0.05, 0) is 34.4 Å². The quantitative estimate of drug-likeness (QED) is 0.916. The zero-order valence-corrected chi connectivity index (χ0v) is 12.4. The predicted octanol–water partition coefficient (Wildman–Crippen LogP) is 4.02. The van der Waals surface area contributed by atoms with Gasteiger partial charge in [0.1, 0.15) is 5.82 Å². The second kappa shape index (κ2) is 5.96. The molecule has 110 valence electrons. The average Bonchev–Trinajstić information content (AvgIpc) is 2.92. The summed E-state index contributed by atoms with van der Waals surface area (Å²) < 4.78 is 19.8. The van der Waals surface area contributed by atoms with E-state index in [1.807, 2.05) is 30.3 Å². The first kappa shape index (κ1) is 14.2. The van der Waals surface area contributed by atoms with Crippen molar-refractivity contribution in [2.45, 2.75) is 39.6 Å². The van der Waals surface area contributed by atoms with E-state index in [9.17, 15) is 4.39 Å². The van der Waals surface area contributed by atoms with E-state index in [0.717, 1.165) is 16.7 Å². The van der Waals surface area contributed by atoms with Crippen LogP contribution < -0.4 is 5.32 Å². The van der Waals surface area contributed by atoms with Crippen molar-refractivity contribution in [3.63, 3.8) is 0 Å². The summed E-state index contributed by atoms with van der Waals surface area (Å²) in [5.74, 6) is -0.170. The van der Waals surface area contributed by atoms with Crippen molar-refractivity contribution < 1.29 is 9.13 Å². The first-order valence-corrected chi connectivity index (χ1v) is 7.35. The molecule has 0 aromatic heterocycles. The van der Waals surface area contributed by atoms with Crippen LogP contribution in [-0.2, 0) is 24.5 Å². The van der Waals surface area contributed by atoms with Crippen molar-refractivity contribution in [2.24, 2.45) is 0 Å². The molecule has 0 atom stereocenters. The zero-order chi connectivity index (χ0) is 14.8. The van der Waals surface area contributed by atoms with Gasteiger partial charge in [0, 0.05) is 18.2 Å². The molecular formula is C18H20FNO. The van der Waals surface area contributed by atoms with Crippen molar-refractivity contribution in [3.05, 3.63) is 58.9 Å². The lowest BCUT2D eigenvalue weighted by molar-refractivity contribution is 0.134. The van der Waals surface area contributed by atoms with Crippen LogP contribution in [0.5, 0.6) is 0 Å². The summed E-state index contributed by atoms with van der Waals surface area (Å²) >= 11 is 0. The van der Waals surface area contributed by atoms with Gasteiger partial charge in [0.05, 0.1) is 13.2 Å². The SMILES string of the molecule is CC(C)NCc1ccc(-c2ccc3c(c2)COC3)c(F)c1. The minimum Gasteiger partial charge on any atom is -0.372 e. The van der Waals surface area contributed by atoms with Gasteiger partial charge in [-0.2, -0.15) is 0 Å². The third-order valence-corrected chi connectivity index (χ3v) is 3.78. The highest BCUT2D eigenvalue weighted by Gasteiger charge is 2.13. The Kier molecular flexibility index (Phi) is 4.04. The van der Waals surface area contributed by atoms with Crippen molar-refractivity contribution in [1.29, 1.82) is 0 Å². The molecule has 0 unspecified atom stereocenters. The molecule has 3 rings (SSSR count). The van der Waals surface area contributed by atoms with Crippen LogP contribution in [0.15, 0.2) is 36.4 Å². The molecule has 21 heavy (non-hydrogen) atoms. The van der Waals surface area contributed by atoms with Gasteiger partial charge in [-0.1, -0.05) is 38.1 Å². The van der Waals surface area contributed by atoms with E-state index in [2.05, 4.69) is 19.2 Å². The second-order valence-electron chi connectivity index (χ2n) is 5.83. The fourth-order valence-electron chi connectivity index (χ4n) is 2.56. The fraction of sp³-hybridized carbons (Fsp3) is 0.333. The van der Waals surface area contributed by atoms with E-state index < -0.39 is 0 Å². The zero-order valence-electron chi connectivity index (χ0n) is 12.4. The van der Waals surface area contributed by atoms with Crippen LogP contribution >= 0.6 is 0 Å². The Morgan fingerprint density at radius 3 is 2.67 bits per heavy atom. The number of nitrogens with one attached hydrogen (secondary N) is 1. The van der Waals surface area contributed by atoms with Crippen LogP contribution in [0, 0.1) is 5.82 Å². The molecule has 0 aliphatic carbocycles. The van der Waals surface area contributed by atoms with Gasteiger partial charge in [0.2, 0.25) is 0 Å². The standard InChI is InChI=1S/C18H20FNO/c1-12(2)20-9-13-3-6-17(18(19)7-13)14-4-5-15-10-21-11-16(15)8-14/h3-8,12,20H,9-11H2,1-2H3. The summed E-state index contributed by atoms with van der Waals surface area (Å²) in [6, 6.07) is 11.9. The first-order chi connectivity index (χ1) is 10.1. The normalized spacial score (nSPS) is 13.7. The van der Waals surface area contributed by atoms with Crippen LogP contribution in [0.1, 0.15) is 30.5 Å². The van der Waals surface area contributed by atoms with Gasteiger partial charge in [-0.3, -0.25) is 0 Å². The maximum Gasteiger partial charge on any atom is 0.131 e. The number of fused-ring (bicyclic) bond motifs is 1. The highest BCUT2D eigenvalue weighted by Crippen LogP contribution is 2.29. The Morgan fingerprint density at radius 2 is 1.90 bits per heavy atom. The Balaban J connectivity index is 1.85. The lowest BCUT2D eigenvalue weighted by Crippen LogP contribution is -2.21. The Morgan fingerprint density at radius 1 is 1.10 bits per heavy atom. The first-order valence-electron chi connectivity index (χ1n) is 7.35. The van der Waals surface area contributed by atoms with Gasteiger partial charge in [0.15, 0.2) is 0 Å². The molecule has 0 radical (unpaired) electrons. The Bertz CT molecular complexity index is 652. The molecule has 3 heteroatoms. The highest BCUT2D eigenvalue weighted by molar-refractivity contribution is 5.66. The van der Waals surface area contributed by atoms with E-state index in [-0.39, 0.29) is 5.82 Å². The maximum absolute atomic E-state index is 14.4. The molecule has 2 aromatic carbocycles. The topological polar surface area (TPSA) is 21.3 Å². The molecule has 0 amide bonds. The molecule has 0 saturated heterocycles. The smallest absolute Gasteiger partial charge is 0.131 e. The molecular weight excluding hydrogens is 265 g/mol. The molecule has 1 N–H and O–H groups in total. The van der Waals surface area contributed by atoms with Crippen molar-refractivity contribution >= 4 is 0 Å². The van der Waals surface area contributed by atoms with Crippen LogP contribution in [0.3, 0.4) is 0 Å². The van der Waals surface area contributed by atoms with Gasteiger partial charge in [0.25, 0.3) is 0 Å². The summed E-state index contributed by atoms with van der Waals surface area (Å²) in [4.78, 5) is 0. The highest BCUT2D eigenvalue weighted by atomic mass is 19.1.